The molecule has 0 saturated heterocycles. The molecule has 0 atom stereocenters. The molecule has 1 aromatic heterocycles. The standard InChI is InChI=1S/C14H15N3O2/c1-3-15-14(19)13-12(18)9-10(2)17(16-13)11-7-5-4-6-8-11/h4-9H,3H2,1-2H3,(H,15,19). The van der Waals surface area contributed by atoms with Crippen LogP contribution in [-0.4, -0.2) is 22.2 Å². The van der Waals surface area contributed by atoms with Gasteiger partial charge < -0.3 is 5.32 Å². The summed E-state index contributed by atoms with van der Waals surface area (Å²) in [7, 11) is 0. The van der Waals surface area contributed by atoms with E-state index in [1.165, 1.54) is 6.07 Å². The number of benzene rings is 1. The predicted octanol–water partition coefficient (Wildman–Crippen LogP) is 1.29. The molecule has 0 aliphatic rings. The minimum atomic E-state index is -0.447. The smallest absolute Gasteiger partial charge is 0.275 e. The first-order valence-corrected chi connectivity index (χ1v) is 6.08. The summed E-state index contributed by atoms with van der Waals surface area (Å²) in [5.41, 5.74) is 1.04. The number of aryl methyl sites for hydroxylation is 1. The summed E-state index contributed by atoms with van der Waals surface area (Å²) in [4.78, 5) is 23.6. The average Bonchev–Trinajstić information content (AvgIpc) is 2.40. The van der Waals surface area contributed by atoms with Crippen molar-refractivity contribution in [3.63, 3.8) is 0 Å². The molecule has 0 fully saturated rings. The van der Waals surface area contributed by atoms with Gasteiger partial charge in [0.25, 0.3) is 5.91 Å². The van der Waals surface area contributed by atoms with Crippen molar-refractivity contribution in [1.82, 2.24) is 15.1 Å². The van der Waals surface area contributed by atoms with Crippen LogP contribution in [0.15, 0.2) is 41.2 Å². The molecule has 1 N–H and O–H groups in total. The van der Waals surface area contributed by atoms with Crippen molar-refractivity contribution in [1.29, 1.82) is 0 Å². The van der Waals surface area contributed by atoms with Crippen molar-refractivity contribution < 1.29 is 4.79 Å². The first kappa shape index (κ1) is 13.0. The molecule has 0 aliphatic carbocycles. The fourth-order valence-electron chi connectivity index (χ4n) is 1.78. The lowest BCUT2D eigenvalue weighted by Crippen LogP contribution is -2.31. The lowest BCUT2D eigenvalue weighted by molar-refractivity contribution is 0.0948. The quantitative estimate of drug-likeness (QED) is 0.901. The molecule has 0 unspecified atom stereocenters. The predicted molar refractivity (Wildman–Crippen MR) is 72.6 cm³/mol. The lowest BCUT2D eigenvalue weighted by atomic mass is 10.2. The zero-order valence-electron chi connectivity index (χ0n) is 10.9. The van der Waals surface area contributed by atoms with Crippen LogP contribution in [0.5, 0.6) is 0 Å². The summed E-state index contributed by atoms with van der Waals surface area (Å²) >= 11 is 0. The van der Waals surface area contributed by atoms with Gasteiger partial charge in [-0.15, -0.1) is 0 Å². The molecule has 2 aromatic rings. The van der Waals surface area contributed by atoms with E-state index in [-0.39, 0.29) is 11.1 Å². The highest BCUT2D eigenvalue weighted by molar-refractivity contribution is 5.91. The maximum absolute atomic E-state index is 11.8. The Morgan fingerprint density at radius 1 is 1.32 bits per heavy atom. The number of nitrogens with one attached hydrogen (secondary N) is 1. The third-order valence-corrected chi connectivity index (χ3v) is 2.66. The van der Waals surface area contributed by atoms with Crippen molar-refractivity contribution in [3.8, 4) is 5.69 Å². The Balaban J connectivity index is 2.55. The first-order valence-electron chi connectivity index (χ1n) is 6.08. The van der Waals surface area contributed by atoms with Crippen molar-refractivity contribution in [2.45, 2.75) is 13.8 Å². The zero-order valence-corrected chi connectivity index (χ0v) is 10.9. The second-order valence-corrected chi connectivity index (χ2v) is 4.11. The summed E-state index contributed by atoms with van der Waals surface area (Å²) in [6, 6.07) is 10.8. The Kier molecular flexibility index (Phi) is 3.75. The SMILES string of the molecule is CCNC(=O)c1nn(-c2ccccc2)c(C)cc1=O. The van der Waals surface area contributed by atoms with E-state index in [9.17, 15) is 9.59 Å². The van der Waals surface area contributed by atoms with Crippen LogP contribution < -0.4 is 10.7 Å². The Morgan fingerprint density at radius 3 is 2.63 bits per heavy atom. The van der Waals surface area contributed by atoms with E-state index in [4.69, 9.17) is 0 Å². The van der Waals surface area contributed by atoms with E-state index in [0.717, 1.165) is 5.69 Å². The summed E-state index contributed by atoms with van der Waals surface area (Å²) in [6.45, 7) is 4.03. The third-order valence-electron chi connectivity index (χ3n) is 2.66. The van der Waals surface area contributed by atoms with Gasteiger partial charge in [0, 0.05) is 18.3 Å². The Hall–Kier alpha value is -2.43. The van der Waals surface area contributed by atoms with Crippen LogP contribution in [0.1, 0.15) is 23.1 Å². The molecule has 5 nitrogen and oxygen atoms in total. The summed E-state index contributed by atoms with van der Waals surface area (Å²) in [5.74, 6) is -0.447. The molecule has 0 bridgehead atoms. The molecule has 98 valence electrons. The number of amides is 1. The van der Waals surface area contributed by atoms with Crippen LogP contribution in [0.2, 0.25) is 0 Å². The van der Waals surface area contributed by atoms with E-state index in [0.29, 0.717) is 12.2 Å². The van der Waals surface area contributed by atoms with E-state index in [1.54, 1.807) is 18.5 Å². The summed E-state index contributed by atoms with van der Waals surface area (Å²) in [6.07, 6.45) is 0. The fourth-order valence-corrected chi connectivity index (χ4v) is 1.78. The highest BCUT2D eigenvalue weighted by Gasteiger charge is 2.14. The van der Waals surface area contributed by atoms with Gasteiger partial charge in [0.15, 0.2) is 5.69 Å². The van der Waals surface area contributed by atoms with Gasteiger partial charge in [-0.05, 0) is 26.0 Å². The Labute approximate surface area is 110 Å². The number of aromatic nitrogens is 2. The van der Waals surface area contributed by atoms with Crippen LogP contribution in [0.4, 0.5) is 0 Å². The number of carbonyl (C=O) groups is 1. The van der Waals surface area contributed by atoms with Gasteiger partial charge in [0.05, 0.1) is 5.69 Å². The topological polar surface area (TPSA) is 64.0 Å². The average molecular weight is 257 g/mol. The summed E-state index contributed by atoms with van der Waals surface area (Å²) < 4.78 is 1.59. The number of rotatable bonds is 3. The molecule has 1 amide bonds. The highest BCUT2D eigenvalue weighted by Crippen LogP contribution is 2.07. The van der Waals surface area contributed by atoms with Gasteiger partial charge in [0.2, 0.25) is 5.43 Å². The van der Waals surface area contributed by atoms with Gasteiger partial charge in [-0.3, -0.25) is 9.59 Å². The van der Waals surface area contributed by atoms with Gasteiger partial charge in [-0.1, -0.05) is 18.2 Å². The van der Waals surface area contributed by atoms with Gasteiger partial charge in [-0.2, -0.15) is 5.10 Å². The second kappa shape index (κ2) is 5.48. The lowest BCUT2D eigenvalue weighted by Gasteiger charge is -2.10. The largest absolute Gasteiger partial charge is 0.351 e. The minimum absolute atomic E-state index is 0.0868. The van der Waals surface area contributed by atoms with E-state index >= 15 is 0 Å². The number of carbonyl (C=O) groups excluding carboxylic acids is 1. The number of hydrogen-bond acceptors (Lipinski definition) is 3. The minimum Gasteiger partial charge on any atom is -0.351 e. The molecule has 0 spiro atoms. The van der Waals surface area contributed by atoms with Crippen LogP contribution in [-0.2, 0) is 0 Å². The Morgan fingerprint density at radius 2 is 2.00 bits per heavy atom. The maximum Gasteiger partial charge on any atom is 0.275 e. The van der Waals surface area contributed by atoms with E-state index in [2.05, 4.69) is 10.4 Å². The van der Waals surface area contributed by atoms with Crippen LogP contribution >= 0.6 is 0 Å². The molecule has 2 rings (SSSR count). The van der Waals surface area contributed by atoms with Crippen molar-refractivity contribution in [2.24, 2.45) is 0 Å². The Bertz CT molecular complexity index is 647. The van der Waals surface area contributed by atoms with E-state index < -0.39 is 5.91 Å². The molecule has 19 heavy (non-hydrogen) atoms. The maximum atomic E-state index is 11.8. The molecule has 0 saturated carbocycles. The first-order chi connectivity index (χ1) is 9.13. The normalized spacial score (nSPS) is 10.2. The van der Waals surface area contributed by atoms with Gasteiger partial charge in [0.1, 0.15) is 0 Å². The fraction of sp³-hybridized carbons (Fsp3) is 0.214. The molecule has 0 aliphatic heterocycles. The molecular formula is C14H15N3O2. The van der Waals surface area contributed by atoms with Crippen LogP contribution in [0.25, 0.3) is 5.69 Å². The monoisotopic (exact) mass is 257 g/mol. The van der Waals surface area contributed by atoms with Crippen molar-refractivity contribution in [3.05, 3.63) is 58.0 Å². The van der Waals surface area contributed by atoms with Crippen molar-refractivity contribution in [2.75, 3.05) is 6.54 Å². The number of hydrogen-bond donors (Lipinski definition) is 1. The third kappa shape index (κ3) is 2.70. The van der Waals surface area contributed by atoms with Gasteiger partial charge in [-0.25, -0.2) is 4.68 Å². The number of para-hydroxylation sites is 1. The molecule has 0 radical (unpaired) electrons. The second-order valence-electron chi connectivity index (χ2n) is 4.11. The van der Waals surface area contributed by atoms with Gasteiger partial charge >= 0.3 is 0 Å². The zero-order chi connectivity index (χ0) is 13.8. The molecular weight excluding hydrogens is 242 g/mol. The van der Waals surface area contributed by atoms with Crippen LogP contribution in [0.3, 0.4) is 0 Å². The molecule has 5 heteroatoms. The van der Waals surface area contributed by atoms with Crippen LogP contribution in [0, 0.1) is 6.92 Å². The van der Waals surface area contributed by atoms with Crippen molar-refractivity contribution >= 4 is 5.91 Å². The summed E-state index contributed by atoms with van der Waals surface area (Å²) in [5, 5.41) is 6.74. The highest BCUT2D eigenvalue weighted by atomic mass is 16.2. The molecule has 1 aromatic carbocycles. The molecule has 1 heterocycles. The van der Waals surface area contributed by atoms with E-state index in [1.807, 2.05) is 30.3 Å². The number of nitrogens with zero attached hydrogens (tertiary/aromatic N) is 2.